The van der Waals surface area contributed by atoms with Crippen LogP contribution in [0.2, 0.25) is 0 Å². The summed E-state index contributed by atoms with van der Waals surface area (Å²) >= 11 is 0. The van der Waals surface area contributed by atoms with E-state index in [1.807, 2.05) is 13.2 Å². The first kappa shape index (κ1) is 25.0. The van der Waals surface area contributed by atoms with E-state index in [1.165, 1.54) is 32.2 Å². The van der Waals surface area contributed by atoms with Gasteiger partial charge in [-0.3, -0.25) is 9.67 Å². The number of aliphatic hydroxyl groups excluding tert-OH is 1. The van der Waals surface area contributed by atoms with Gasteiger partial charge in [0.25, 0.3) is 0 Å². The van der Waals surface area contributed by atoms with Crippen molar-refractivity contribution < 1.29 is 23.7 Å². The molecule has 194 valence electrons. The Bertz CT molecular complexity index is 1430. The second-order valence-electron chi connectivity index (χ2n) is 9.83. The van der Waals surface area contributed by atoms with Crippen molar-refractivity contribution in [1.29, 1.82) is 0 Å². The summed E-state index contributed by atoms with van der Waals surface area (Å²) in [6.45, 7) is 4.20. The van der Waals surface area contributed by atoms with Crippen LogP contribution in [0.5, 0.6) is 5.75 Å². The minimum Gasteiger partial charge on any atom is -0.487 e. The molecule has 0 unspecified atom stereocenters. The maximum absolute atomic E-state index is 14.0. The van der Waals surface area contributed by atoms with Crippen LogP contribution < -0.4 is 9.64 Å². The van der Waals surface area contributed by atoms with Crippen LogP contribution in [0.3, 0.4) is 0 Å². The van der Waals surface area contributed by atoms with Crippen LogP contribution in [0.25, 0.3) is 22.3 Å². The van der Waals surface area contributed by atoms with Gasteiger partial charge in [0.1, 0.15) is 29.2 Å². The van der Waals surface area contributed by atoms with E-state index in [0.29, 0.717) is 54.2 Å². The van der Waals surface area contributed by atoms with Crippen molar-refractivity contribution in [1.82, 2.24) is 24.7 Å². The molecule has 1 atom stereocenters. The highest BCUT2D eigenvalue weighted by molar-refractivity contribution is 5.83. The van der Waals surface area contributed by atoms with E-state index < -0.39 is 23.3 Å². The van der Waals surface area contributed by atoms with Gasteiger partial charge in [0.15, 0.2) is 17.4 Å². The number of hydrogen-bond donors (Lipinski definition) is 2. The molecule has 37 heavy (non-hydrogen) atoms. The molecule has 1 saturated heterocycles. The van der Waals surface area contributed by atoms with Gasteiger partial charge in [0.05, 0.1) is 29.2 Å². The predicted octanol–water partition coefficient (Wildman–Crippen LogP) is 3.56. The summed E-state index contributed by atoms with van der Waals surface area (Å²) in [6, 6.07) is 4.93. The summed E-state index contributed by atoms with van der Waals surface area (Å²) < 4.78 is 34.7. The van der Waals surface area contributed by atoms with Gasteiger partial charge in [-0.1, -0.05) is 0 Å². The molecule has 4 heterocycles. The predicted molar refractivity (Wildman–Crippen MR) is 133 cm³/mol. The normalized spacial score (nSPS) is 15.8. The highest BCUT2D eigenvalue weighted by Gasteiger charge is 2.29. The Kier molecular flexibility index (Phi) is 6.50. The second-order valence-corrected chi connectivity index (χ2v) is 9.83. The number of ether oxygens (including phenoxy) is 1. The molecule has 1 aromatic carbocycles. The molecule has 0 bridgehead atoms. The molecule has 4 aromatic rings. The maximum atomic E-state index is 14.0. The van der Waals surface area contributed by atoms with Gasteiger partial charge in [0.2, 0.25) is 0 Å². The number of nitrogens with zero attached hydrogens (tertiary/aromatic N) is 6. The number of fused-ring (bicyclic) bond motifs is 1. The number of hydrogen-bond acceptors (Lipinski definition) is 8. The molecule has 0 saturated carbocycles. The SMILES string of the molecule is Cn1cc(-c2nc3cc([C@H](O)C(C)(C)O)ncc3nc2N2CCC(Oc3ccc(F)cc3F)CC2)cn1. The average Bonchev–Trinajstić information content (AvgIpc) is 3.30. The van der Waals surface area contributed by atoms with E-state index in [1.54, 1.807) is 16.9 Å². The van der Waals surface area contributed by atoms with E-state index in [4.69, 9.17) is 14.7 Å². The lowest BCUT2D eigenvalue weighted by Gasteiger charge is -2.33. The van der Waals surface area contributed by atoms with Crippen LogP contribution in [-0.4, -0.2) is 59.7 Å². The van der Waals surface area contributed by atoms with Gasteiger partial charge < -0.3 is 19.8 Å². The van der Waals surface area contributed by atoms with Crippen molar-refractivity contribution in [3.05, 3.63) is 60.2 Å². The lowest BCUT2D eigenvalue weighted by atomic mass is 9.98. The van der Waals surface area contributed by atoms with Crippen molar-refractivity contribution in [3.8, 4) is 17.0 Å². The Hall–Kier alpha value is -3.70. The van der Waals surface area contributed by atoms with Gasteiger partial charge >= 0.3 is 0 Å². The van der Waals surface area contributed by atoms with Gasteiger partial charge in [-0.15, -0.1) is 0 Å². The molecule has 3 aromatic heterocycles. The molecule has 0 radical (unpaired) electrons. The first-order valence-corrected chi connectivity index (χ1v) is 12.0. The summed E-state index contributed by atoms with van der Waals surface area (Å²) in [5.74, 6) is -0.669. The Morgan fingerprint density at radius 2 is 1.84 bits per heavy atom. The topological polar surface area (TPSA) is 109 Å². The fourth-order valence-corrected chi connectivity index (χ4v) is 4.37. The van der Waals surface area contributed by atoms with E-state index >= 15 is 0 Å². The molecule has 2 N–H and O–H groups in total. The van der Waals surface area contributed by atoms with Crippen LogP contribution in [-0.2, 0) is 7.05 Å². The Labute approximate surface area is 212 Å². The zero-order valence-corrected chi connectivity index (χ0v) is 20.8. The van der Waals surface area contributed by atoms with Gasteiger partial charge in [-0.05, 0) is 32.0 Å². The Morgan fingerprint density at radius 3 is 2.49 bits per heavy atom. The summed E-state index contributed by atoms with van der Waals surface area (Å²) in [7, 11) is 1.82. The van der Waals surface area contributed by atoms with Crippen molar-refractivity contribution in [2.75, 3.05) is 18.0 Å². The van der Waals surface area contributed by atoms with Gasteiger partial charge in [0, 0.05) is 50.8 Å². The van der Waals surface area contributed by atoms with Crippen molar-refractivity contribution in [2.24, 2.45) is 7.05 Å². The number of aliphatic hydroxyl groups is 2. The van der Waals surface area contributed by atoms with Crippen molar-refractivity contribution in [3.63, 3.8) is 0 Å². The van der Waals surface area contributed by atoms with Gasteiger partial charge in [-0.2, -0.15) is 5.10 Å². The third-order valence-corrected chi connectivity index (χ3v) is 6.41. The number of aryl methyl sites for hydroxylation is 1. The third kappa shape index (κ3) is 5.23. The summed E-state index contributed by atoms with van der Waals surface area (Å²) in [5.41, 5.74) is 1.40. The third-order valence-electron chi connectivity index (χ3n) is 6.41. The zero-order chi connectivity index (χ0) is 26.3. The highest BCUT2D eigenvalue weighted by Crippen LogP contribution is 2.33. The van der Waals surface area contributed by atoms with Crippen molar-refractivity contribution in [2.45, 2.75) is 44.5 Å². The first-order chi connectivity index (χ1) is 17.6. The van der Waals surface area contributed by atoms with E-state index in [9.17, 15) is 19.0 Å². The maximum Gasteiger partial charge on any atom is 0.167 e. The van der Waals surface area contributed by atoms with Crippen LogP contribution >= 0.6 is 0 Å². The molecule has 0 amide bonds. The first-order valence-electron chi connectivity index (χ1n) is 12.0. The second kappa shape index (κ2) is 9.64. The minimum absolute atomic E-state index is 0.0384. The molecule has 9 nitrogen and oxygen atoms in total. The molecule has 11 heteroatoms. The number of anilines is 1. The van der Waals surface area contributed by atoms with E-state index in [0.717, 1.165) is 11.6 Å². The largest absolute Gasteiger partial charge is 0.487 e. The average molecular weight is 511 g/mol. The smallest absolute Gasteiger partial charge is 0.167 e. The van der Waals surface area contributed by atoms with Gasteiger partial charge in [-0.25, -0.2) is 18.7 Å². The lowest BCUT2D eigenvalue weighted by molar-refractivity contribution is -0.0516. The van der Waals surface area contributed by atoms with Crippen molar-refractivity contribution >= 4 is 16.9 Å². The molecule has 5 rings (SSSR count). The molecule has 0 spiro atoms. The number of piperidine rings is 1. The fourth-order valence-electron chi connectivity index (χ4n) is 4.37. The Morgan fingerprint density at radius 1 is 1.08 bits per heavy atom. The quantitative estimate of drug-likeness (QED) is 0.405. The zero-order valence-electron chi connectivity index (χ0n) is 20.8. The number of aromatic nitrogens is 5. The molecular formula is C26H28F2N6O3. The molecule has 1 aliphatic rings. The highest BCUT2D eigenvalue weighted by atomic mass is 19.1. The number of pyridine rings is 1. The number of rotatable bonds is 6. The summed E-state index contributed by atoms with van der Waals surface area (Å²) in [5, 5.41) is 25.0. The monoisotopic (exact) mass is 510 g/mol. The fraction of sp³-hybridized carbons (Fsp3) is 0.385. The van der Waals surface area contributed by atoms with Crippen LogP contribution in [0, 0.1) is 11.6 Å². The van der Waals surface area contributed by atoms with E-state index in [2.05, 4.69) is 15.0 Å². The minimum atomic E-state index is -1.37. The van der Waals surface area contributed by atoms with E-state index in [-0.39, 0.29) is 11.9 Å². The summed E-state index contributed by atoms with van der Waals surface area (Å²) in [4.78, 5) is 16.1. The Balaban J connectivity index is 1.44. The van der Waals surface area contributed by atoms with Crippen LogP contribution in [0.15, 0.2) is 42.9 Å². The number of benzene rings is 1. The standard InChI is InChI=1S/C26H28F2N6O3/c1-26(2,36)24(35)20-11-19-21(13-29-20)32-25(23(31-19)15-12-30-33(3)14-15)34-8-6-17(7-9-34)37-22-5-4-16(27)10-18(22)28/h4-5,10-14,17,24,35-36H,6-9H2,1-3H3/t24-/m0/s1. The number of halogens is 2. The molecule has 1 fully saturated rings. The molecule has 0 aliphatic carbocycles. The lowest BCUT2D eigenvalue weighted by Crippen LogP contribution is -2.39. The molecular weight excluding hydrogens is 482 g/mol. The summed E-state index contributed by atoms with van der Waals surface area (Å²) in [6.07, 6.45) is 4.90. The molecule has 1 aliphatic heterocycles. The van der Waals surface area contributed by atoms with Crippen LogP contribution in [0.4, 0.5) is 14.6 Å². The van der Waals surface area contributed by atoms with Crippen LogP contribution in [0.1, 0.15) is 38.5 Å².